The van der Waals surface area contributed by atoms with Crippen LogP contribution in [-0.2, 0) is 4.74 Å². The molecule has 0 saturated heterocycles. The van der Waals surface area contributed by atoms with Crippen LogP contribution in [0.5, 0.6) is 0 Å². The lowest BCUT2D eigenvalue weighted by atomic mass is 9.86. The SMILES string of the molecule is C#CCC1CCCCCCC1OC(N)=O. The maximum absolute atomic E-state index is 10.8. The van der Waals surface area contributed by atoms with Crippen LogP contribution < -0.4 is 5.73 Å². The smallest absolute Gasteiger partial charge is 0.404 e. The van der Waals surface area contributed by atoms with E-state index >= 15 is 0 Å². The zero-order chi connectivity index (χ0) is 11.1. The van der Waals surface area contributed by atoms with Crippen molar-refractivity contribution in [3.63, 3.8) is 0 Å². The van der Waals surface area contributed by atoms with Crippen molar-refractivity contribution in [2.24, 2.45) is 11.7 Å². The molecule has 1 fully saturated rings. The van der Waals surface area contributed by atoms with Crippen LogP contribution in [0.1, 0.15) is 44.9 Å². The van der Waals surface area contributed by atoms with Crippen molar-refractivity contribution in [3.05, 3.63) is 0 Å². The molecule has 0 bridgehead atoms. The number of carbonyl (C=O) groups excluding carboxylic acids is 1. The van der Waals surface area contributed by atoms with Gasteiger partial charge in [0.1, 0.15) is 6.10 Å². The molecule has 0 aliphatic heterocycles. The first-order valence-electron chi connectivity index (χ1n) is 5.63. The number of primary amides is 1. The van der Waals surface area contributed by atoms with Crippen LogP contribution in [-0.4, -0.2) is 12.2 Å². The van der Waals surface area contributed by atoms with E-state index < -0.39 is 6.09 Å². The number of ether oxygens (including phenoxy) is 1. The van der Waals surface area contributed by atoms with Crippen LogP contribution in [0.4, 0.5) is 4.79 Å². The lowest BCUT2D eigenvalue weighted by Crippen LogP contribution is -2.30. The molecule has 1 amide bonds. The van der Waals surface area contributed by atoms with Gasteiger partial charge >= 0.3 is 6.09 Å². The van der Waals surface area contributed by atoms with Crippen molar-refractivity contribution in [2.45, 2.75) is 51.0 Å². The molecule has 1 aliphatic rings. The summed E-state index contributed by atoms with van der Waals surface area (Å²) in [4.78, 5) is 10.8. The number of hydrogen-bond acceptors (Lipinski definition) is 2. The molecule has 2 N–H and O–H groups in total. The molecule has 0 heterocycles. The Bertz CT molecular complexity index is 244. The van der Waals surface area contributed by atoms with Gasteiger partial charge in [-0.05, 0) is 19.3 Å². The van der Waals surface area contributed by atoms with E-state index in [0.29, 0.717) is 12.3 Å². The van der Waals surface area contributed by atoms with Gasteiger partial charge < -0.3 is 10.5 Å². The molecular weight excluding hydrogens is 190 g/mol. The molecule has 3 nitrogen and oxygen atoms in total. The second-order valence-electron chi connectivity index (χ2n) is 4.14. The molecule has 1 rings (SSSR count). The Hall–Kier alpha value is -1.17. The van der Waals surface area contributed by atoms with Crippen LogP contribution in [0.15, 0.2) is 0 Å². The molecule has 15 heavy (non-hydrogen) atoms. The normalized spacial score (nSPS) is 27.1. The van der Waals surface area contributed by atoms with Gasteiger partial charge in [-0.15, -0.1) is 12.3 Å². The van der Waals surface area contributed by atoms with Gasteiger partial charge in [-0.3, -0.25) is 0 Å². The molecule has 1 aliphatic carbocycles. The highest BCUT2D eigenvalue weighted by atomic mass is 16.6. The highest BCUT2D eigenvalue weighted by Crippen LogP contribution is 2.27. The minimum Gasteiger partial charge on any atom is -0.446 e. The number of nitrogens with two attached hydrogens (primary N) is 1. The van der Waals surface area contributed by atoms with E-state index in [9.17, 15) is 4.79 Å². The van der Waals surface area contributed by atoms with Gasteiger partial charge in [0.2, 0.25) is 0 Å². The highest BCUT2D eigenvalue weighted by molar-refractivity contribution is 5.64. The lowest BCUT2D eigenvalue weighted by Gasteiger charge is -2.27. The van der Waals surface area contributed by atoms with E-state index in [1.165, 1.54) is 19.3 Å². The molecular formula is C12H19NO2. The van der Waals surface area contributed by atoms with E-state index in [0.717, 1.165) is 19.3 Å². The van der Waals surface area contributed by atoms with Crippen LogP contribution in [0.25, 0.3) is 0 Å². The van der Waals surface area contributed by atoms with Gasteiger partial charge in [0.15, 0.2) is 0 Å². The van der Waals surface area contributed by atoms with Crippen LogP contribution >= 0.6 is 0 Å². The number of hydrogen-bond donors (Lipinski definition) is 1. The van der Waals surface area contributed by atoms with Crippen molar-refractivity contribution < 1.29 is 9.53 Å². The van der Waals surface area contributed by atoms with E-state index in [4.69, 9.17) is 16.9 Å². The van der Waals surface area contributed by atoms with E-state index in [2.05, 4.69) is 5.92 Å². The van der Waals surface area contributed by atoms with Gasteiger partial charge in [-0.2, -0.15) is 0 Å². The van der Waals surface area contributed by atoms with Crippen molar-refractivity contribution in [1.29, 1.82) is 0 Å². The molecule has 2 atom stereocenters. The molecule has 1 saturated carbocycles. The second kappa shape index (κ2) is 6.34. The largest absolute Gasteiger partial charge is 0.446 e. The summed E-state index contributed by atoms with van der Waals surface area (Å²) in [5.41, 5.74) is 5.06. The molecule has 2 unspecified atom stereocenters. The Morgan fingerprint density at radius 1 is 1.33 bits per heavy atom. The summed E-state index contributed by atoms with van der Waals surface area (Å²) in [5.74, 6) is 2.95. The zero-order valence-electron chi connectivity index (χ0n) is 9.08. The maximum Gasteiger partial charge on any atom is 0.404 e. The van der Waals surface area contributed by atoms with Crippen molar-refractivity contribution in [3.8, 4) is 12.3 Å². The third-order valence-electron chi connectivity index (χ3n) is 2.99. The molecule has 3 heteroatoms. The van der Waals surface area contributed by atoms with Crippen molar-refractivity contribution >= 4 is 6.09 Å². The molecule has 0 spiro atoms. The summed E-state index contributed by atoms with van der Waals surface area (Å²) in [6.07, 6.45) is 11.9. The average molecular weight is 209 g/mol. The summed E-state index contributed by atoms with van der Waals surface area (Å²) in [6.45, 7) is 0. The molecule has 84 valence electrons. The zero-order valence-corrected chi connectivity index (χ0v) is 9.08. The minimum absolute atomic E-state index is 0.0705. The second-order valence-corrected chi connectivity index (χ2v) is 4.14. The van der Waals surface area contributed by atoms with Crippen LogP contribution in [0.3, 0.4) is 0 Å². The molecule has 0 radical (unpaired) electrons. The topological polar surface area (TPSA) is 52.3 Å². The minimum atomic E-state index is -0.678. The summed E-state index contributed by atoms with van der Waals surface area (Å²) >= 11 is 0. The predicted molar refractivity (Wildman–Crippen MR) is 59.1 cm³/mol. The highest BCUT2D eigenvalue weighted by Gasteiger charge is 2.24. The van der Waals surface area contributed by atoms with Gasteiger partial charge in [-0.1, -0.05) is 19.3 Å². The average Bonchev–Trinajstić information content (AvgIpc) is 2.15. The predicted octanol–water partition coefficient (Wildman–Crippen LogP) is 2.44. The monoisotopic (exact) mass is 209 g/mol. The fourth-order valence-corrected chi connectivity index (χ4v) is 2.22. The third-order valence-corrected chi connectivity index (χ3v) is 2.99. The van der Waals surface area contributed by atoms with Gasteiger partial charge in [0, 0.05) is 12.3 Å². The van der Waals surface area contributed by atoms with E-state index in [1.54, 1.807) is 0 Å². The Morgan fingerprint density at radius 3 is 2.60 bits per heavy atom. The summed E-state index contributed by atoms with van der Waals surface area (Å²) in [7, 11) is 0. The standard InChI is InChI=1S/C12H19NO2/c1-2-7-10-8-5-3-4-6-9-11(10)15-12(13)14/h1,10-11H,3-9H2,(H2,13,14). The first-order valence-corrected chi connectivity index (χ1v) is 5.63. The Labute approximate surface area is 91.4 Å². The summed E-state index contributed by atoms with van der Waals surface area (Å²) < 4.78 is 5.14. The number of carbonyl (C=O) groups is 1. The maximum atomic E-state index is 10.8. The lowest BCUT2D eigenvalue weighted by molar-refractivity contribution is 0.0543. The fraction of sp³-hybridized carbons (Fsp3) is 0.750. The van der Waals surface area contributed by atoms with Crippen LogP contribution in [0, 0.1) is 18.3 Å². The third kappa shape index (κ3) is 4.24. The van der Waals surface area contributed by atoms with Crippen LogP contribution in [0.2, 0.25) is 0 Å². The first kappa shape index (κ1) is 11.9. The first-order chi connectivity index (χ1) is 7.24. The molecule has 0 aromatic carbocycles. The van der Waals surface area contributed by atoms with Crippen molar-refractivity contribution in [1.82, 2.24) is 0 Å². The van der Waals surface area contributed by atoms with Gasteiger partial charge in [-0.25, -0.2) is 4.79 Å². The number of amides is 1. The molecule has 0 aromatic heterocycles. The molecule has 0 aromatic rings. The fourth-order valence-electron chi connectivity index (χ4n) is 2.22. The van der Waals surface area contributed by atoms with E-state index in [-0.39, 0.29) is 6.10 Å². The number of terminal acetylenes is 1. The Balaban J connectivity index is 2.56. The van der Waals surface area contributed by atoms with E-state index in [1.807, 2.05) is 0 Å². The Kier molecular flexibility index (Phi) is 5.03. The Morgan fingerprint density at radius 2 is 2.00 bits per heavy atom. The van der Waals surface area contributed by atoms with Gasteiger partial charge in [0.25, 0.3) is 0 Å². The summed E-state index contributed by atoms with van der Waals surface area (Å²) in [5, 5.41) is 0. The summed E-state index contributed by atoms with van der Waals surface area (Å²) in [6, 6.07) is 0. The quantitative estimate of drug-likeness (QED) is 0.710. The number of rotatable bonds is 2. The van der Waals surface area contributed by atoms with Gasteiger partial charge in [0.05, 0.1) is 0 Å². The van der Waals surface area contributed by atoms with Crippen molar-refractivity contribution in [2.75, 3.05) is 0 Å².